The van der Waals surface area contributed by atoms with Crippen molar-refractivity contribution in [2.75, 3.05) is 6.61 Å². The smallest absolute Gasteiger partial charge is 0.200 e. The normalized spacial score (nSPS) is 26.3. The van der Waals surface area contributed by atoms with E-state index in [1.54, 1.807) is 19.1 Å². The molecule has 0 heterocycles. The van der Waals surface area contributed by atoms with Crippen LogP contribution in [0.2, 0.25) is 0 Å². The van der Waals surface area contributed by atoms with Crippen molar-refractivity contribution in [1.29, 1.82) is 0 Å². The minimum atomic E-state index is -1.15. The standard InChI is InChI=1S/C29H36F4O/c1-5-34-20(4)27(31)26(30)19(3)8-9-21-10-14-23(15-11-21)25-17-16-24(28(32)29(25)33)22-12-6-18(2)7-13-22/h8-9,16-18,21-23H,3-7,10-15H2,1-2H3/b9-8+,27-26-. The molecule has 1 nitrogen and oxygen atoms in total. The molecule has 0 unspecified atom stereocenters. The number of benzene rings is 1. The van der Waals surface area contributed by atoms with Gasteiger partial charge in [-0.25, -0.2) is 13.2 Å². The van der Waals surface area contributed by atoms with Crippen molar-refractivity contribution >= 4 is 0 Å². The molecule has 2 aliphatic carbocycles. The van der Waals surface area contributed by atoms with Crippen LogP contribution in [0.4, 0.5) is 17.6 Å². The Bertz CT molecular complexity index is 945. The van der Waals surface area contributed by atoms with Gasteiger partial charge >= 0.3 is 0 Å². The second-order valence-electron chi connectivity index (χ2n) is 9.81. The molecule has 0 saturated heterocycles. The summed E-state index contributed by atoms with van der Waals surface area (Å²) in [5.74, 6) is -3.08. The van der Waals surface area contributed by atoms with Crippen LogP contribution < -0.4 is 0 Å². The van der Waals surface area contributed by atoms with Gasteiger partial charge in [-0.3, -0.25) is 0 Å². The maximum absolute atomic E-state index is 15.0. The second kappa shape index (κ2) is 11.9. The quantitative estimate of drug-likeness (QED) is 0.206. The molecule has 0 bridgehead atoms. The third kappa shape index (κ3) is 6.22. The average molecular weight is 477 g/mol. The van der Waals surface area contributed by atoms with E-state index < -0.39 is 23.3 Å². The fourth-order valence-electron chi connectivity index (χ4n) is 5.23. The van der Waals surface area contributed by atoms with E-state index in [2.05, 4.69) is 20.1 Å². The third-order valence-corrected chi connectivity index (χ3v) is 7.42. The van der Waals surface area contributed by atoms with E-state index in [0.717, 1.165) is 38.5 Å². The first-order valence-electron chi connectivity index (χ1n) is 12.4. The van der Waals surface area contributed by atoms with Crippen LogP contribution >= 0.6 is 0 Å². The van der Waals surface area contributed by atoms with Crippen LogP contribution in [0.1, 0.15) is 88.2 Å². The summed E-state index contributed by atoms with van der Waals surface area (Å²) in [6.07, 6.45) is 10.2. The summed E-state index contributed by atoms with van der Waals surface area (Å²) >= 11 is 0. The van der Waals surface area contributed by atoms with Crippen molar-refractivity contribution in [2.45, 2.75) is 77.0 Å². The topological polar surface area (TPSA) is 9.23 Å². The summed E-state index contributed by atoms with van der Waals surface area (Å²) < 4.78 is 63.1. The molecule has 2 fully saturated rings. The Labute approximate surface area is 201 Å². The Balaban J connectivity index is 1.59. The van der Waals surface area contributed by atoms with Gasteiger partial charge in [0.25, 0.3) is 0 Å². The largest absolute Gasteiger partial charge is 0.491 e. The van der Waals surface area contributed by atoms with Gasteiger partial charge in [0, 0.05) is 5.57 Å². The molecule has 0 spiro atoms. The molecule has 0 N–H and O–H groups in total. The highest BCUT2D eigenvalue weighted by molar-refractivity contribution is 5.39. The SMILES string of the molecule is C=C(/C=C/C1CCC(c2ccc(C3CCC(C)CC3)c(F)c2F)CC1)/C(F)=C(/F)C(=C)OCC. The molecule has 1 aromatic rings. The Hall–Kier alpha value is -2.30. The zero-order valence-electron chi connectivity index (χ0n) is 20.3. The van der Waals surface area contributed by atoms with Crippen LogP contribution in [-0.4, -0.2) is 6.61 Å². The first-order chi connectivity index (χ1) is 16.2. The van der Waals surface area contributed by atoms with Crippen LogP contribution in [0.3, 0.4) is 0 Å². The zero-order valence-corrected chi connectivity index (χ0v) is 20.3. The lowest BCUT2D eigenvalue weighted by molar-refractivity contribution is 0.224. The number of allylic oxidation sites excluding steroid dienone is 5. The number of halogens is 4. The van der Waals surface area contributed by atoms with Gasteiger partial charge in [-0.05, 0) is 80.2 Å². The monoisotopic (exact) mass is 476 g/mol. The zero-order chi connectivity index (χ0) is 24.8. The highest BCUT2D eigenvalue weighted by atomic mass is 19.2. The van der Waals surface area contributed by atoms with Crippen molar-refractivity contribution in [3.63, 3.8) is 0 Å². The van der Waals surface area contributed by atoms with E-state index in [1.807, 2.05) is 6.08 Å². The number of rotatable bonds is 8. The first kappa shape index (κ1) is 26.3. The molecule has 0 atom stereocenters. The van der Waals surface area contributed by atoms with E-state index in [0.29, 0.717) is 29.9 Å². The van der Waals surface area contributed by atoms with Gasteiger partial charge in [0.1, 0.15) is 0 Å². The minimum absolute atomic E-state index is 0.0358. The van der Waals surface area contributed by atoms with E-state index in [9.17, 15) is 13.2 Å². The van der Waals surface area contributed by atoms with Gasteiger partial charge < -0.3 is 4.74 Å². The lowest BCUT2D eigenvalue weighted by atomic mass is 9.76. The number of ether oxygens (including phenoxy) is 1. The molecule has 3 rings (SSSR count). The summed E-state index contributed by atoms with van der Waals surface area (Å²) in [5, 5.41) is 0. The van der Waals surface area contributed by atoms with Gasteiger partial charge in [-0.15, -0.1) is 0 Å². The predicted molar refractivity (Wildman–Crippen MR) is 130 cm³/mol. The van der Waals surface area contributed by atoms with Crippen molar-refractivity contribution in [3.8, 4) is 0 Å². The molecular formula is C29H36F4O. The van der Waals surface area contributed by atoms with Crippen molar-refractivity contribution < 1.29 is 22.3 Å². The molecule has 34 heavy (non-hydrogen) atoms. The van der Waals surface area contributed by atoms with E-state index in [1.165, 1.54) is 6.08 Å². The maximum Gasteiger partial charge on any atom is 0.200 e. The van der Waals surface area contributed by atoms with Crippen molar-refractivity contribution in [3.05, 3.63) is 83.2 Å². The summed E-state index contributed by atoms with van der Waals surface area (Å²) in [5.41, 5.74) is 0.904. The highest BCUT2D eigenvalue weighted by Crippen LogP contribution is 2.41. The number of hydrogen-bond acceptors (Lipinski definition) is 1. The average Bonchev–Trinajstić information content (AvgIpc) is 2.84. The first-order valence-corrected chi connectivity index (χ1v) is 12.4. The molecule has 5 heteroatoms. The Morgan fingerprint density at radius 1 is 0.882 bits per heavy atom. The Morgan fingerprint density at radius 3 is 1.88 bits per heavy atom. The van der Waals surface area contributed by atoms with Gasteiger partial charge in [0.2, 0.25) is 5.83 Å². The lowest BCUT2D eigenvalue weighted by Crippen LogP contribution is -2.16. The van der Waals surface area contributed by atoms with Crippen LogP contribution in [0.5, 0.6) is 0 Å². The van der Waals surface area contributed by atoms with Gasteiger partial charge in [0.15, 0.2) is 23.2 Å². The lowest BCUT2D eigenvalue weighted by Gasteiger charge is -2.29. The molecule has 2 saturated carbocycles. The van der Waals surface area contributed by atoms with Gasteiger partial charge in [-0.1, -0.05) is 57.2 Å². The van der Waals surface area contributed by atoms with Crippen LogP contribution in [0, 0.1) is 23.5 Å². The molecule has 0 aliphatic heterocycles. The fourth-order valence-corrected chi connectivity index (χ4v) is 5.23. The van der Waals surface area contributed by atoms with Crippen LogP contribution in [0.15, 0.2) is 60.4 Å². The Kier molecular flexibility index (Phi) is 9.21. The Morgan fingerprint density at radius 2 is 1.38 bits per heavy atom. The van der Waals surface area contributed by atoms with Crippen molar-refractivity contribution in [2.24, 2.45) is 11.8 Å². The second-order valence-corrected chi connectivity index (χ2v) is 9.81. The van der Waals surface area contributed by atoms with Crippen LogP contribution in [0.25, 0.3) is 0 Å². The summed E-state index contributed by atoms with van der Waals surface area (Å²) in [6, 6.07) is 3.58. The maximum atomic E-state index is 15.0. The van der Waals surface area contributed by atoms with E-state index >= 15 is 4.39 Å². The predicted octanol–water partition coefficient (Wildman–Crippen LogP) is 9.35. The molecular weight excluding hydrogens is 440 g/mol. The molecule has 0 aromatic heterocycles. The van der Waals surface area contributed by atoms with Gasteiger partial charge in [-0.2, -0.15) is 4.39 Å². The highest BCUT2D eigenvalue weighted by Gasteiger charge is 2.28. The molecule has 0 amide bonds. The molecule has 0 radical (unpaired) electrons. The minimum Gasteiger partial charge on any atom is -0.491 e. The summed E-state index contributed by atoms with van der Waals surface area (Å²) in [6.45, 7) is 11.0. The van der Waals surface area contributed by atoms with Gasteiger partial charge in [0.05, 0.1) is 6.61 Å². The van der Waals surface area contributed by atoms with Crippen LogP contribution in [-0.2, 0) is 4.74 Å². The molecule has 2 aliphatic rings. The third-order valence-electron chi connectivity index (χ3n) is 7.42. The van der Waals surface area contributed by atoms with E-state index in [-0.39, 0.29) is 35.7 Å². The molecule has 186 valence electrons. The summed E-state index contributed by atoms with van der Waals surface area (Å²) in [4.78, 5) is 0. The summed E-state index contributed by atoms with van der Waals surface area (Å²) in [7, 11) is 0. The molecule has 1 aromatic carbocycles. The number of hydrogen-bond donors (Lipinski definition) is 0. The van der Waals surface area contributed by atoms with Crippen molar-refractivity contribution in [1.82, 2.24) is 0 Å². The fraction of sp³-hybridized carbons (Fsp3) is 0.517. The van der Waals surface area contributed by atoms with E-state index in [4.69, 9.17) is 4.74 Å².